The van der Waals surface area contributed by atoms with Gasteiger partial charge in [-0.1, -0.05) is 67.5 Å². The third-order valence-electron chi connectivity index (χ3n) is 16.4. The number of ketones is 2. The number of allylic oxidation sites excluding steroid dienone is 6. The van der Waals surface area contributed by atoms with Gasteiger partial charge in [-0.15, -0.1) is 0 Å². The molecule has 1 aromatic rings. The summed E-state index contributed by atoms with van der Waals surface area (Å²) in [5.74, 6) is 0.461. The molecule has 65 heavy (non-hydrogen) atoms. The van der Waals surface area contributed by atoms with Gasteiger partial charge in [-0.3, -0.25) is 14.4 Å². The Kier molecular flexibility index (Phi) is 16.0. The van der Waals surface area contributed by atoms with Crippen molar-refractivity contribution in [2.24, 2.45) is 46.3 Å². The molecule has 4 saturated carbocycles. The molecule has 0 aromatic heterocycles. The largest absolute Gasteiger partial charge is 0.508 e. The zero-order valence-electron chi connectivity index (χ0n) is 38.7. The summed E-state index contributed by atoms with van der Waals surface area (Å²) in [4.78, 5) is 50.9. The zero-order valence-corrected chi connectivity index (χ0v) is 38.7. The van der Waals surface area contributed by atoms with Crippen LogP contribution in [-0.2, 0) is 28.6 Å². The summed E-state index contributed by atoms with van der Waals surface area (Å²) in [6.45, 7) is 6.32. The molecule has 0 radical (unpaired) electrons. The maximum absolute atomic E-state index is 13.6. The van der Waals surface area contributed by atoms with Crippen LogP contribution in [-0.4, -0.2) is 94.5 Å². The van der Waals surface area contributed by atoms with E-state index in [0.29, 0.717) is 57.3 Å². The number of esters is 1. The number of ether oxygens (including phenoxy) is 4. The standard InChI is InChI=1S/C53H72O12/c1-34-9-8-10-40(27-34)62-32-39(55)18-20-42-41(46(56)29-47(42)57)11-6-4-5-7-12-49(59)63-30-35-13-15-36(16-14-35)31-64-50(60)65-33-48(58)53(61)26-23-45-43-19-17-37-28-38(54)21-24-51(37,2)44(43)22-25-52(45,53)3/h4,6,8-10,18,20,22,27-28,35-36,39,41-43,45-47,55-57,61H,5,7,11-17,19,21,23-26,29-33H2,1-3H3/b6-4-,20-18+/t35?,36?,39-,41-,42-,43-,45+,46+,47-,51+,52+,53+/m1/s1. The first-order valence-electron chi connectivity index (χ1n) is 24.3. The highest BCUT2D eigenvalue weighted by Crippen LogP contribution is 2.65. The van der Waals surface area contributed by atoms with E-state index in [1.165, 1.54) is 11.1 Å². The summed E-state index contributed by atoms with van der Waals surface area (Å²) in [5.41, 5.74) is 1.27. The molecule has 4 N–H and O–H groups in total. The number of carbonyl (C=O) groups is 4. The molecule has 0 spiro atoms. The van der Waals surface area contributed by atoms with Crippen LogP contribution in [0.1, 0.15) is 122 Å². The van der Waals surface area contributed by atoms with Crippen LogP contribution in [0.2, 0.25) is 0 Å². The first-order valence-corrected chi connectivity index (χ1v) is 24.3. The summed E-state index contributed by atoms with van der Waals surface area (Å²) in [5, 5.41) is 43.6. The number of aliphatic hydroxyl groups excluding tert-OH is 3. The lowest BCUT2D eigenvalue weighted by Crippen LogP contribution is -2.55. The van der Waals surface area contributed by atoms with Gasteiger partial charge in [0.1, 0.15) is 24.1 Å². The van der Waals surface area contributed by atoms with Crippen LogP contribution in [0, 0.1) is 53.3 Å². The predicted molar refractivity (Wildman–Crippen MR) is 243 cm³/mol. The Labute approximate surface area is 384 Å². The van der Waals surface area contributed by atoms with Crippen molar-refractivity contribution in [1.82, 2.24) is 0 Å². The van der Waals surface area contributed by atoms with Gasteiger partial charge in [0.15, 0.2) is 12.4 Å². The second-order valence-electron chi connectivity index (χ2n) is 20.5. The van der Waals surface area contributed by atoms with E-state index in [1.54, 1.807) is 12.2 Å². The summed E-state index contributed by atoms with van der Waals surface area (Å²) >= 11 is 0. The summed E-state index contributed by atoms with van der Waals surface area (Å²) < 4.78 is 22.0. The van der Waals surface area contributed by atoms with Gasteiger partial charge in [-0.05, 0) is 144 Å². The van der Waals surface area contributed by atoms with Crippen molar-refractivity contribution in [3.05, 3.63) is 77.4 Å². The molecular weight excluding hydrogens is 829 g/mol. The number of benzene rings is 1. The number of hydrogen-bond acceptors (Lipinski definition) is 12. The van der Waals surface area contributed by atoms with Crippen LogP contribution in [0.15, 0.2) is 71.9 Å². The van der Waals surface area contributed by atoms with Gasteiger partial charge in [-0.2, -0.15) is 0 Å². The van der Waals surface area contributed by atoms with E-state index in [-0.39, 0.29) is 72.3 Å². The lowest BCUT2D eigenvalue weighted by molar-refractivity contribution is -0.156. The van der Waals surface area contributed by atoms with E-state index in [9.17, 15) is 39.6 Å². The number of Topliss-reactive ketones (excluding diaryl/α,β-unsaturated/α-hetero) is 1. The minimum atomic E-state index is -1.60. The lowest BCUT2D eigenvalue weighted by atomic mass is 9.50. The van der Waals surface area contributed by atoms with Crippen LogP contribution in [0.5, 0.6) is 5.75 Å². The first kappa shape index (κ1) is 48.8. The zero-order chi connectivity index (χ0) is 46.4. The van der Waals surface area contributed by atoms with Gasteiger partial charge >= 0.3 is 12.1 Å². The molecular formula is C53H72O12. The fourth-order valence-electron chi connectivity index (χ4n) is 12.3. The normalized spacial score (nSPS) is 34.8. The second-order valence-corrected chi connectivity index (χ2v) is 20.5. The second kappa shape index (κ2) is 21.2. The van der Waals surface area contributed by atoms with Gasteiger partial charge < -0.3 is 39.4 Å². The average molecular weight is 901 g/mol. The van der Waals surface area contributed by atoms with Gasteiger partial charge in [0.25, 0.3) is 0 Å². The summed E-state index contributed by atoms with van der Waals surface area (Å²) in [7, 11) is 0. The average Bonchev–Trinajstić information content (AvgIpc) is 3.73. The summed E-state index contributed by atoms with van der Waals surface area (Å²) in [6.07, 6.45) is 18.9. The molecule has 0 amide bonds. The number of rotatable bonds is 18. The Hall–Kier alpha value is -4.10. The molecule has 0 heterocycles. The van der Waals surface area contributed by atoms with Crippen molar-refractivity contribution >= 4 is 23.7 Å². The highest BCUT2D eigenvalue weighted by atomic mass is 16.7. The van der Waals surface area contributed by atoms with Crippen molar-refractivity contribution in [1.29, 1.82) is 0 Å². The van der Waals surface area contributed by atoms with Crippen molar-refractivity contribution in [2.45, 2.75) is 147 Å². The van der Waals surface area contributed by atoms with Crippen molar-refractivity contribution in [2.75, 3.05) is 26.4 Å². The van der Waals surface area contributed by atoms with E-state index in [4.69, 9.17) is 18.9 Å². The smallest absolute Gasteiger partial charge is 0.491 e. The van der Waals surface area contributed by atoms with E-state index < -0.39 is 47.9 Å². The van der Waals surface area contributed by atoms with E-state index >= 15 is 0 Å². The molecule has 7 rings (SSSR count). The first-order chi connectivity index (χ1) is 31.1. The van der Waals surface area contributed by atoms with Crippen LogP contribution in [0.3, 0.4) is 0 Å². The number of unbranched alkanes of at least 4 members (excludes halogenated alkanes) is 1. The third-order valence-corrected chi connectivity index (χ3v) is 16.4. The number of aryl methyl sites for hydroxylation is 1. The van der Waals surface area contributed by atoms with Crippen molar-refractivity contribution in [3.8, 4) is 5.75 Å². The Morgan fingerprint density at radius 2 is 1.68 bits per heavy atom. The van der Waals surface area contributed by atoms with Crippen LogP contribution >= 0.6 is 0 Å². The Balaban J connectivity index is 0.743. The van der Waals surface area contributed by atoms with E-state index in [2.05, 4.69) is 13.0 Å². The number of aliphatic hydroxyl groups is 4. The SMILES string of the molecule is Cc1cccc(OC[C@H](O)/C=C/[C@@H]2[C@@H](C/C=C\CCCC(=O)OCC3CCC(COC(=O)OCC(=O)[C@@]4(O)CC[C@H]5[C@@H]6CCC7=CC(=O)CC[C@]7(C)C6=CC[C@@]54C)CC3)[C@@H](O)C[C@H]2O)c1. The minimum absolute atomic E-state index is 0.0850. The molecule has 0 saturated heterocycles. The highest BCUT2D eigenvalue weighted by molar-refractivity contribution is 5.92. The molecule has 12 nitrogen and oxygen atoms in total. The van der Waals surface area contributed by atoms with E-state index in [0.717, 1.165) is 56.9 Å². The molecule has 1 aromatic carbocycles. The summed E-state index contributed by atoms with van der Waals surface area (Å²) in [6, 6.07) is 7.60. The topological polar surface area (TPSA) is 186 Å². The maximum atomic E-state index is 13.6. The Bertz CT molecular complexity index is 1990. The van der Waals surface area contributed by atoms with Crippen LogP contribution < -0.4 is 4.74 Å². The molecule has 12 heteroatoms. The van der Waals surface area contributed by atoms with E-state index in [1.807, 2.05) is 56.3 Å². The minimum Gasteiger partial charge on any atom is -0.491 e. The molecule has 0 aliphatic heterocycles. The molecule has 6 aliphatic rings. The van der Waals surface area contributed by atoms with Gasteiger partial charge in [-0.25, -0.2) is 4.79 Å². The third kappa shape index (κ3) is 11.2. The van der Waals surface area contributed by atoms with Crippen molar-refractivity contribution in [3.63, 3.8) is 0 Å². The molecule has 10 atom stereocenters. The van der Waals surface area contributed by atoms with Gasteiger partial charge in [0.2, 0.25) is 5.78 Å². The molecule has 6 aliphatic carbocycles. The lowest BCUT2D eigenvalue weighted by Gasteiger charge is -2.54. The molecule has 0 bridgehead atoms. The molecule has 0 unspecified atom stereocenters. The highest BCUT2D eigenvalue weighted by Gasteiger charge is 2.64. The number of carbonyl (C=O) groups excluding carboxylic acids is 4. The molecule has 4 fully saturated rings. The van der Waals surface area contributed by atoms with Gasteiger partial charge in [0, 0.05) is 36.0 Å². The fraction of sp³-hybridized carbons (Fsp3) is 0.660. The van der Waals surface area contributed by atoms with Gasteiger partial charge in [0.05, 0.1) is 25.4 Å². The van der Waals surface area contributed by atoms with Crippen LogP contribution in [0.4, 0.5) is 4.79 Å². The van der Waals surface area contributed by atoms with Crippen molar-refractivity contribution < 1.29 is 58.6 Å². The number of hydrogen-bond donors (Lipinski definition) is 4. The monoisotopic (exact) mass is 901 g/mol. The number of fused-ring (bicyclic) bond motifs is 5. The Morgan fingerprint density at radius 3 is 2.43 bits per heavy atom. The fourth-order valence-corrected chi connectivity index (χ4v) is 12.3. The predicted octanol–water partition coefficient (Wildman–Crippen LogP) is 8.02. The Morgan fingerprint density at radius 1 is 0.923 bits per heavy atom. The maximum Gasteiger partial charge on any atom is 0.508 e. The van der Waals surface area contributed by atoms with Crippen LogP contribution in [0.25, 0.3) is 0 Å². The molecule has 356 valence electrons. The quantitative estimate of drug-likeness (QED) is 0.0633.